The number of benzene rings is 3. The molecule has 0 fully saturated rings. The lowest BCUT2D eigenvalue weighted by molar-refractivity contribution is 0.102. The summed E-state index contributed by atoms with van der Waals surface area (Å²) in [7, 11) is 0. The van der Waals surface area contributed by atoms with Crippen LogP contribution in [0, 0.1) is 13.8 Å². The summed E-state index contributed by atoms with van der Waals surface area (Å²) in [6, 6.07) is 17.2. The Labute approximate surface area is 172 Å². The van der Waals surface area contributed by atoms with E-state index in [1.54, 1.807) is 12.1 Å². The summed E-state index contributed by atoms with van der Waals surface area (Å²) in [4.78, 5) is 12.6. The number of aryl methyl sites for hydroxylation is 2. The number of fused-ring (bicyclic) bond motifs is 1. The molecular formula is C22H17Cl2N3O. The van der Waals surface area contributed by atoms with E-state index in [0.29, 0.717) is 21.4 Å². The minimum absolute atomic E-state index is 0.293. The van der Waals surface area contributed by atoms with E-state index in [2.05, 4.69) is 47.6 Å². The predicted octanol–water partition coefficient (Wildman–Crippen LogP) is 6.41. The lowest BCUT2D eigenvalue weighted by atomic mass is 10.00. The van der Waals surface area contributed by atoms with Crippen LogP contribution in [0.2, 0.25) is 10.0 Å². The normalized spacial score (nSPS) is 11.0. The molecule has 3 aromatic carbocycles. The highest BCUT2D eigenvalue weighted by molar-refractivity contribution is 6.37. The van der Waals surface area contributed by atoms with Crippen molar-refractivity contribution in [1.29, 1.82) is 0 Å². The second-order valence-electron chi connectivity index (χ2n) is 6.79. The van der Waals surface area contributed by atoms with Crippen molar-refractivity contribution in [3.63, 3.8) is 0 Å². The molecule has 0 atom stereocenters. The Hall–Kier alpha value is -2.82. The van der Waals surface area contributed by atoms with Gasteiger partial charge in [-0.2, -0.15) is 5.10 Å². The maximum absolute atomic E-state index is 12.6. The third kappa shape index (κ3) is 3.61. The van der Waals surface area contributed by atoms with Crippen molar-refractivity contribution in [2.75, 3.05) is 5.32 Å². The highest BCUT2D eigenvalue weighted by Gasteiger charge is 2.15. The zero-order valence-corrected chi connectivity index (χ0v) is 16.8. The fourth-order valence-electron chi connectivity index (χ4n) is 3.28. The van der Waals surface area contributed by atoms with Gasteiger partial charge < -0.3 is 5.32 Å². The summed E-state index contributed by atoms with van der Waals surface area (Å²) in [6.07, 6.45) is 0. The molecule has 0 bridgehead atoms. The fourth-order valence-corrected chi connectivity index (χ4v) is 3.78. The minimum atomic E-state index is -0.339. The molecule has 1 heterocycles. The number of aromatic nitrogens is 2. The van der Waals surface area contributed by atoms with E-state index in [-0.39, 0.29) is 5.91 Å². The number of hydrogen-bond acceptors (Lipinski definition) is 2. The third-order valence-electron chi connectivity index (χ3n) is 4.53. The van der Waals surface area contributed by atoms with Gasteiger partial charge in [0.15, 0.2) is 5.82 Å². The van der Waals surface area contributed by atoms with Gasteiger partial charge in [0.25, 0.3) is 5.91 Å². The molecule has 4 nitrogen and oxygen atoms in total. The monoisotopic (exact) mass is 409 g/mol. The van der Waals surface area contributed by atoms with Crippen molar-refractivity contribution in [2.45, 2.75) is 13.8 Å². The molecule has 0 saturated heterocycles. The Morgan fingerprint density at radius 1 is 0.929 bits per heavy atom. The maximum Gasteiger partial charge on any atom is 0.258 e. The summed E-state index contributed by atoms with van der Waals surface area (Å²) in [6.45, 7) is 4.17. The number of amides is 1. The van der Waals surface area contributed by atoms with Crippen molar-refractivity contribution in [2.24, 2.45) is 0 Å². The van der Waals surface area contributed by atoms with Crippen LogP contribution < -0.4 is 5.32 Å². The number of halogens is 2. The molecule has 0 spiro atoms. The highest BCUT2D eigenvalue weighted by atomic mass is 35.5. The molecule has 4 aromatic rings. The van der Waals surface area contributed by atoms with Crippen LogP contribution in [0.3, 0.4) is 0 Å². The zero-order chi connectivity index (χ0) is 19.8. The number of carbonyl (C=O) groups is 1. The van der Waals surface area contributed by atoms with Crippen LogP contribution in [0.4, 0.5) is 5.82 Å². The molecule has 2 N–H and O–H groups in total. The SMILES string of the molecule is Cc1cc(C)cc(-c2ccc3c(NC(=O)c4ccc(Cl)cc4Cl)n[nH]c3c2)c1. The molecule has 4 rings (SSSR count). The highest BCUT2D eigenvalue weighted by Crippen LogP contribution is 2.29. The van der Waals surface area contributed by atoms with Crippen LogP contribution >= 0.6 is 23.2 Å². The van der Waals surface area contributed by atoms with Crippen molar-refractivity contribution in [3.8, 4) is 11.1 Å². The van der Waals surface area contributed by atoms with Gasteiger partial charge in [0, 0.05) is 10.4 Å². The molecule has 0 unspecified atom stereocenters. The van der Waals surface area contributed by atoms with Crippen molar-refractivity contribution < 1.29 is 4.79 Å². The number of nitrogens with zero attached hydrogens (tertiary/aromatic N) is 1. The van der Waals surface area contributed by atoms with Gasteiger partial charge in [-0.3, -0.25) is 9.89 Å². The van der Waals surface area contributed by atoms with Gasteiger partial charge in [-0.05, 0) is 55.3 Å². The first-order valence-electron chi connectivity index (χ1n) is 8.74. The van der Waals surface area contributed by atoms with E-state index >= 15 is 0 Å². The van der Waals surface area contributed by atoms with Crippen LogP contribution in [0.1, 0.15) is 21.5 Å². The van der Waals surface area contributed by atoms with E-state index in [1.807, 2.05) is 18.2 Å². The van der Waals surface area contributed by atoms with Gasteiger partial charge in [0.05, 0.1) is 16.1 Å². The Morgan fingerprint density at radius 2 is 1.68 bits per heavy atom. The molecule has 28 heavy (non-hydrogen) atoms. The second-order valence-corrected chi connectivity index (χ2v) is 7.63. The Balaban J connectivity index is 1.65. The number of hydrogen-bond donors (Lipinski definition) is 2. The summed E-state index contributed by atoms with van der Waals surface area (Å²) in [5.41, 5.74) is 5.84. The first-order valence-corrected chi connectivity index (χ1v) is 9.49. The molecular weight excluding hydrogens is 393 g/mol. The smallest absolute Gasteiger partial charge is 0.258 e. The zero-order valence-electron chi connectivity index (χ0n) is 15.3. The van der Waals surface area contributed by atoms with Crippen molar-refractivity contribution >= 4 is 45.8 Å². The molecule has 0 aliphatic heterocycles. The van der Waals surface area contributed by atoms with Gasteiger partial charge in [0.1, 0.15) is 0 Å². The maximum atomic E-state index is 12.6. The summed E-state index contributed by atoms with van der Waals surface area (Å²) >= 11 is 12.0. The van der Waals surface area contributed by atoms with Crippen molar-refractivity contribution in [3.05, 3.63) is 81.3 Å². The fraction of sp³-hybridized carbons (Fsp3) is 0.0909. The van der Waals surface area contributed by atoms with E-state index in [1.165, 1.54) is 17.2 Å². The Bertz CT molecular complexity index is 1190. The summed E-state index contributed by atoms with van der Waals surface area (Å²) in [5.74, 6) is 0.117. The van der Waals surface area contributed by atoms with E-state index < -0.39 is 0 Å². The molecule has 0 aliphatic carbocycles. The molecule has 1 amide bonds. The quantitative estimate of drug-likeness (QED) is 0.410. The topological polar surface area (TPSA) is 57.8 Å². The van der Waals surface area contributed by atoms with Crippen LogP contribution in [-0.4, -0.2) is 16.1 Å². The molecule has 6 heteroatoms. The third-order valence-corrected chi connectivity index (χ3v) is 5.07. The van der Waals surface area contributed by atoms with Gasteiger partial charge >= 0.3 is 0 Å². The number of rotatable bonds is 3. The Morgan fingerprint density at radius 3 is 2.39 bits per heavy atom. The second kappa shape index (κ2) is 7.30. The Kier molecular flexibility index (Phi) is 4.84. The van der Waals surface area contributed by atoms with Gasteiger partial charge in [-0.25, -0.2) is 0 Å². The van der Waals surface area contributed by atoms with E-state index in [9.17, 15) is 4.79 Å². The predicted molar refractivity (Wildman–Crippen MR) is 115 cm³/mol. The average molecular weight is 410 g/mol. The lowest BCUT2D eigenvalue weighted by Crippen LogP contribution is -2.12. The van der Waals surface area contributed by atoms with Gasteiger partial charge in [0.2, 0.25) is 0 Å². The molecule has 0 saturated carbocycles. The number of H-pyrrole nitrogens is 1. The average Bonchev–Trinajstić information content (AvgIpc) is 3.03. The number of nitrogens with one attached hydrogen (secondary N) is 2. The molecule has 1 aromatic heterocycles. The molecule has 140 valence electrons. The summed E-state index contributed by atoms with van der Waals surface area (Å²) < 4.78 is 0. The van der Waals surface area contributed by atoms with Crippen LogP contribution in [0.25, 0.3) is 22.0 Å². The first kappa shape index (κ1) is 18.5. The van der Waals surface area contributed by atoms with Crippen LogP contribution in [-0.2, 0) is 0 Å². The standard InChI is InChI=1S/C22H17Cl2N3O/c1-12-7-13(2)9-15(8-12)14-3-5-18-20(10-14)26-27-21(18)25-22(28)17-6-4-16(23)11-19(17)24/h3-11H,1-2H3,(H2,25,26,27,28). The molecule has 0 radical (unpaired) electrons. The number of aromatic amines is 1. The van der Waals surface area contributed by atoms with Crippen LogP contribution in [0.15, 0.2) is 54.6 Å². The van der Waals surface area contributed by atoms with E-state index in [4.69, 9.17) is 23.2 Å². The van der Waals surface area contributed by atoms with Gasteiger partial charge in [-0.15, -0.1) is 0 Å². The first-order chi connectivity index (χ1) is 13.4. The summed E-state index contributed by atoms with van der Waals surface area (Å²) in [5, 5.41) is 11.6. The number of anilines is 1. The van der Waals surface area contributed by atoms with E-state index in [0.717, 1.165) is 22.0 Å². The van der Waals surface area contributed by atoms with Gasteiger partial charge in [-0.1, -0.05) is 58.6 Å². The van der Waals surface area contributed by atoms with Crippen molar-refractivity contribution in [1.82, 2.24) is 10.2 Å². The van der Waals surface area contributed by atoms with Crippen LogP contribution in [0.5, 0.6) is 0 Å². The lowest BCUT2D eigenvalue weighted by Gasteiger charge is -2.07. The minimum Gasteiger partial charge on any atom is -0.305 e. The number of carbonyl (C=O) groups excluding carboxylic acids is 1. The largest absolute Gasteiger partial charge is 0.305 e. The molecule has 0 aliphatic rings.